The van der Waals surface area contributed by atoms with Crippen LogP contribution < -0.4 is 4.90 Å². The van der Waals surface area contributed by atoms with E-state index in [0.29, 0.717) is 6.54 Å². The Bertz CT molecular complexity index is 739. The number of fused-ring (bicyclic) bond motifs is 1. The lowest BCUT2D eigenvalue weighted by molar-refractivity contribution is -0.156. The second kappa shape index (κ2) is 5.70. The van der Waals surface area contributed by atoms with E-state index in [1.165, 1.54) is 5.56 Å². The molecule has 0 unspecified atom stereocenters. The van der Waals surface area contributed by atoms with Crippen molar-refractivity contribution in [2.24, 2.45) is 11.8 Å². The maximum absolute atomic E-state index is 13.1. The van der Waals surface area contributed by atoms with Gasteiger partial charge in [0.05, 0.1) is 24.7 Å². The van der Waals surface area contributed by atoms with Gasteiger partial charge in [0.25, 0.3) is 0 Å². The van der Waals surface area contributed by atoms with Gasteiger partial charge in [-0.15, -0.1) is 0 Å². The third kappa shape index (κ3) is 2.41. The lowest BCUT2D eigenvalue weighted by atomic mass is 9.77. The van der Waals surface area contributed by atoms with Crippen molar-refractivity contribution in [3.05, 3.63) is 42.0 Å². The lowest BCUT2D eigenvalue weighted by Gasteiger charge is -2.23. The van der Waals surface area contributed by atoms with E-state index < -0.39 is 17.4 Å². The quantitative estimate of drug-likeness (QED) is 0.624. The number of hydrogen-bond donors (Lipinski definition) is 0. The van der Waals surface area contributed by atoms with Gasteiger partial charge >= 0.3 is 5.97 Å². The number of hydrogen-bond acceptors (Lipinski definition) is 4. The molecule has 4 rings (SSSR count). The third-order valence-electron chi connectivity index (χ3n) is 5.38. The lowest BCUT2D eigenvalue weighted by Crippen LogP contribution is -2.40. The molecule has 5 nitrogen and oxygen atoms in total. The largest absolute Gasteiger partial charge is 0.463 e. The molecule has 3 aliphatic heterocycles. The first-order valence-electron chi connectivity index (χ1n) is 8.93. The van der Waals surface area contributed by atoms with Gasteiger partial charge in [-0.3, -0.25) is 9.59 Å². The Morgan fingerprint density at radius 2 is 2.08 bits per heavy atom. The van der Waals surface area contributed by atoms with Crippen molar-refractivity contribution < 1.29 is 19.1 Å². The van der Waals surface area contributed by atoms with Crippen LogP contribution >= 0.6 is 0 Å². The Morgan fingerprint density at radius 1 is 1.36 bits per heavy atom. The van der Waals surface area contributed by atoms with Gasteiger partial charge in [0.15, 0.2) is 0 Å². The molecular formula is C20H23NO4. The monoisotopic (exact) mass is 341 g/mol. The Morgan fingerprint density at radius 3 is 2.72 bits per heavy atom. The predicted molar refractivity (Wildman–Crippen MR) is 93.1 cm³/mol. The number of esters is 1. The fourth-order valence-electron chi connectivity index (χ4n) is 4.21. The summed E-state index contributed by atoms with van der Waals surface area (Å²) < 4.78 is 11.5. The van der Waals surface area contributed by atoms with Crippen LogP contribution in [0.3, 0.4) is 0 Å². The molecule has 3 heterocycles. The van der Waals surface area contributed by atoms with Crippen molar-refractivity contribution >= 4 is 17.6 Å². The summed E-state index contributed by atoms with van der Waals surface area (Å²) in [5.41, 5.74) is 1.37. The number of anilines is 1. The van der Waals surface area contributed by atoms with E-state index in [1.54, 1.807) is 4.90 Å². The van der Waals surface area contributed by atoms with Gasteiger partial charge in [-0.1, -0.05) is 31.2 Å². The molecule has 25 heavy (non-hydrogen) atoms. The van der Waals surface area contributed by atoms with Crippen LogP contribution in [-0.2, 0) is 25.5 Å². The van der Waals surface area contributed by atoms with Gasteiger partial charge in [0.1, 0.15) is 11.5 Å². The maximum atomic E-state index is 13.1. The molecule has 132 valence electrons. The fraction of sp³-hybridized carbons (Fsp3) is 0.500. The maximum Gasteiger partial charge on any atom is 0.313 e. The summed E-state index contributed by atoms with van der Waals surface area (Å²) in [7, 11) is 0. The molecule has 0 aromatic heterocycles. The van der Waals surface area contributed by atoms with E-state index >= 15 is 0 Å². The molecule has 0 radical (unpaired) electrons. The minimum atomic E-state index is -0.703. The molecule has 1 aromatic rings. The molecule has 3 aliphatic rings. The summed E-state index contributed by atoms with van der Waals surface area (Å²) in [5.74, 6) is -1.45. The Kier molecular flexibility index (Phi) is 3.72. The van der Waals surface area contributed by atoms with E-state index in [2.05, 4.69) is 6.92 Å². The number of ether oxygens (including phenoxy) is 2. The van der Waals surface area contributed by atoms with Crippen molar-refractivity contribution in [3.63, 3.8) is 0 Å². The highest BCUT2D eigenvalue weighted by Crippen LogP contribution is 2.52. The molecular weight excluding hydrogens is 318 g/mol. The zero-order valence-electron chi connectivity index (χ0n) is 14.8. The van der Waals surface area contributed by atoms with E-state index in [4.69, 9.17) is 9.47 Å². The molecule has 4 atom stereocenters. The van der Waals surface area contributed by atoms with Gasteiger partial charge in [0.2, 0.25) is 5.91 Å². The van der Waals surface area contributed by atoms with Gasteiger partial charge in [-0.05, 0) is 38.0 Å². The first kappa shape index (κ1) is 16.3. The highest BCUT2D eigenvalue weighted by Gasteiger charge is 2.67. The fourth-order valence-corrected chi connectivity index (χ4v) is 4.21. The topological polar surface area (TPSA) is 55.8 Å². The van der Waals surface area contributed by atoms with Crippen LogP contribution in [0.4, 0.5) is 5.69 Å². The summed E-state index contributed by atoms with van der Waals surface area (Å²) in [6.07, 6.45) is 4.25. The second-order valence-electron chi connectivity index (χ2n) is 7.33. The number of benzene rings is 1. The summed E-state index contributed by atoms with van der Waals surface area (Å²) in [6.45, 7) is 6.17. The minimum absolute atomic E-state index is 0.0539. The Hall–Kier alpha value is -2.14. The van der Waals surface area contributed by atoms with Gasteiger partial charge in [-0.25, -0.2) is 0 Å². The normalized spacial score (nSPS) is 32.6. The molecule has 2 bridgehead atoms. The summed E-state index contributed by atoms with van der Waals surface area (Å²) in [5, 5.41) is 0. The van der Waals surface area contributed by atoms with Crippen molar-refractivity contribution in [1.82, 2.24) is 0 Å². The first-order valence-corrected chi connectivity index (χ1v) is 8.93. The number of rotatable bonds is 4. The van der Waals surface area contributed by atoms with Crippen LogP contribution in [0.1, 0.15) is 26.3 Å². The Balaban J connectivity index is 1.64. The summed E-state index contributed by atoms with van der Waals surface area (Å²) >= 11 is 0. The van der Waals surface area contributed by atoms with Crippen LogP contribution in [0.15, 0.2) is 36.4 Å². The van der Waals surface area contributed by atoms with Crippen LogP contribution in [0.25, 0.3) is 0 Å². The highest BCUT2D eigenvalue weighted by atomic mass is 16.6. The van der Waals surface area contributed by atoms with E-state index in [9.17, 15) is 9.59 Å². The number of amides is 1. The van der Waals surface area contributed by atoms with Crippen molar-refractivity contribution in [3.8, 4) is 0 Å². The molecule has 0 aliphatic carbocycles. The van der Waals surface area contributed by atoms with Crippen LogP contribution in [-0.4, -0.2) is 36.2 Å². The minimum Gasteiger partial charge on any atom is -0.463 e. The molecule has 1 aromatic carbocycles. The van der Waals surface area contributed by atoms with Gasteiger partial charge in [-0.2, -0.15) is 0 Å². The summed E-state index contributed by atoms with van der Waals surface area (Å²) in [4.78, 5) is 27.4. The molecule has 2 saturated heterocycles. The summed E-state index contributed by atoms with van der Waals surface area (Å²) in [6, 6.07) is 8.00. The molecule has 0 saturated carbocycles. The Labute approximate surface area is 147 Å². The average Bonchev–Trinajstić information content (AvgIpc) is 3.22. The first-order chi connectivity index (χ1) is 11.9. The third-order valence-corrected chi connectivity index (χ3v) is 5.38. The van der Waals surface area contributed by atoms with Crippen LogP contribution in [0.5, 0.6) is 0 Å². The smallest absolute Gasteiger partial charge is 0.313 e. The van der Waals surface area contributed by atoms with E-state index in [1.807, 2.05) is 50.3 Å². The second-order valence-corrected chi connectivity index (χ2v) is 7.33. The molecule has 0 N–H and O–H groups in total. The number of carbonyl (C=O) groups excluding carboxylic acids is 2. The van der Waals surface area contributed by atoms with Crippen molar-refractivity contribution in [2.75, 3.05) is 11.4 Å². The van der Waals surface area contributed by atoms with E-state index in [-0.39, 0.29) is 24.1 Å². The van der Waals surface area contributed by atoms with Gasteiger partial charge < -0.3 is 14.4 Å². The molecule has 1 amide bonds. The molecule has 5 heteroatoms. The molecule has 1 spiro atoms. The number of carbonyl (C=O) groups is 2. The number of aryl methyl sites for hydroxylation is 1. The zero-order chi connectivity index (χ0) is 17.8. The van der Waals surface area contributed by atoms with Gasteiger partial charge in [0, 0.05) is 5.69 Å². The zero-order valence-corrected chi connectivity index (χ0v) is 14.8. The van der Waals surface area contributed by atoms with E-state index in [0.717, 1.165) is 12.1 Å². The molecule has 2 fully saturated rings. The van der Waals surface area contributed by atoms with Crippen LogP contribution in [0, 0.1) is 11.8 Å². The SMILES string of the molecule is CCc1ccc(N2C[C@@]34C=C[C@H](O3)[C@@H](C(=O)OC(C)C)[C@H]4C2=O)cc1. The average molecular weight is 341 g/mol. The van der Waals surface area contributed by atoms with Crippen molar-refractivity contribution in [1.29, 1.82) is 0 Å². The van der Waals surface area contributed by atoms with Crippen molar-refractivity contribution in [2.45, 2.75) is 45.0 Å². The standard InChI is InChI=1S/C20H23NO4/c1-4-13-5-7-14(8-6-13)21-11-20-10-9-15(25-20)16(17(20)18(21)22)19(23)24-12(2)3/h5-10,12,15-17H,4,11H2,1-3H3/t15-,16+,17-,20+/m0/s1. The number of nitrogens with zero attached hydrogens (tertiary/aromatic N) is 1. The predicted octanol–water partition coefficient (Wildman–Crippen LogP) is 2.49. The van der Waals surface area contributed by atoms with Crippen LogP contribution in [0.2, 0.25) is 0 Å². The highest BCUT2D eigenvalue weighted by molar-refractivity contribution is 6.02.